The van der Waals surface area contributed by atoms with Crippen molar-refractivity contribution >= 4 is 35.6 Å². The monoisotopic (exact) mass is 510 g/mol. The normalized spacial score (nSPS) is 13.9. The van der Waals surface area contributed by atoms with Gasteiger partial charge in [0.15, 0.2) is 0 Å². The lowest BCUT2D eigenvalue weighted by Gasteiger charge is -2.24. The first-order valence-electron chi connectivity index (χ1n) is 10.9. The van der Waals surface area contributed by atoms with Gasteiger partial charge in [-0.2, -0.15) is 0 Å². The fourth-order valence-corrected chi connectivity index (χ4v) is 2.95. The highest BCUT2D eigenvalue weighted by molar-refractivity contribution is 5.94. The van der Waals surface area contributed by atoms with E-state index in [1.807, 2.05) is 0 Å². The van der Waals surface area contributed by atoms with Gasteiger partial charge in [-0.15, -0.1) is 0 Å². The average molecular weight is 511 g/mol. The van der Waals surface area contributed by atoms with Crippen molar-refractivity contribution in [3.63, 3.8) is 0 Å². The Morgan fingerprint density at radius 2 is 1.28 bits per heavy atom. The molecule has 14 nitrogen and oxygen atoms in total. The lowest BCUT2D eigenvalue weighted by Crippen LogP contribution is -2.57. The molecule has 0 spiro atoms. The molecule has 4 atom stereocenters. The molecular formula is C22H30N4O10. The highest BCUT2D eigenvalue weighted by Gasteiger charge is 2.30. The lowest BCUT2D eigenvalue weighted by atomic mass is 10.0. The molecule has 1 rings (SSSR count). The fraction of sp³-hybridized carbons (Fsp3) is 0.455. The van der Waals surface area contributed by atoms with Crippen molar-refractivity contribution in [2.24, 2.45) is 5.73 Å². The Balaban J connectivity index is 3.08. The van der Waals surface area contributed by atoms with Gasteiger partial charge in [-0.1, -0.05) is 12.1 Å². The molecule has 0 saturated heterocycles. The zero-order valence-corrected chi connectivity index (χ0v) is 19.5. The minimum atomic E-state index is -1.43. The van der Waals surface area contributed by atoms with Crippen molar-refractivity contribution in [3.8, 4) is 5.75 Å². The van der Waals surface area contributed by atoms with E-state index < -0.39 is 72.6 Å². The molecule has 1 aromatic rings. The molecule has 0 aliphatic heterocycles. The Bertz CT molecular complexity index is 966. The largest absolute Gasteiger partial charge is 0.508 e. The number of carboxylic acids is 3. The molecule has 0 heterocycles. The highest BCUT2D eigenvalue weighted by Crippen LogP contribution is 2.12. The lowest BCUT2D eigenvalue weighted by molar-refractivity contribution is -0.142. The van der Waals surface area contributed by atoms with Gasteiger partial charge in [0.05, 0.1) is 6.04 Å². The number of nitrogens with two attached hydrogens (primary N) is 1. The maximum absolute atomic E-state index is 13.0. The number of phenols is 1. The van der Waals surface area contributed by atoms with Gasteiger partial charge in [-0.25, -0.2) is 0 Å². The number of amides is 3. The van der Waals surface area contributed by atoms with Gasteiger partial charge < -0.3 is 42.1 Å². The summed E-state index contributed by atoms with van der Waals surface area (Å²) in [5, 5.41) is 43.2. The van der Waals surface area contributed by atoms with Gasteiger partial charge in [-0.05, 0) is 37.5 Å². The quantitative estimate of drug-likeness (QED) is 0.136. The van der Waals surface area contributed by atoms with E-state index in [1.165, 1.54) is 31.2 Å². The predicted molar refractivity (Wildman–Crippen MR) is 123 cm³/mol. The number of carboxylic acid groups (broad SMARTS) is 3. The Hall–Kier alpha value is -4.20. The first kappa shape index (κ1) is 29.8. The summed E-state index contributed by atoms with van der Waals surface area (Å²) in [6.07, 6.45) is -1.64. The van der Waals surface area contributed by atoms with Crippen molar-refractivity contribution in [2.75, 3.05) is 0 Å². The van der Waals surface area contributed by atoms with Crippen LogP contribution in [0.5, 0.6) is 5.75 Å². The van der Waals surface area contributed by atoms with Crippen LogP contribution in [0.15, 0.2) is 24.3 Å². The Morgan fingerprint density at radius 3 is 1.81 bits per heavy atom. The molecule has 3 amide bonds. The summed E-state index contributed by atoms with van der Waals surface area (Å²) >= 11 is 0. The fourth-order valence-electron chi connectivity index (χ4n) is 2.95. The van der Waals surface area contributed by atoms with Crippen molar-refractivity contribution < 1.29 is 49.2 Å². The van der Waals surface area contributed by atoms with Crippen molar-refractivity contribution in [3.05, 3.63) is 29.8 Å². The standard InChI is InChI=1S/C22H30N4O10/c1-11(22(35)36)24-21(34)16(10-12-2-4-13(27)5-3-12)26-20(33)15(7-9-18(30)31)25-19(32)14(23)6-8-17(28)29/h2-5,11,14-16,27H,6-10,23H2,1H3,(H,24,34)(H,25,32)(H,26,33)(H,28,29)(H,30,31)(H,35,36). The third-order valence-corrected chi connectivity index (χ3v) is 5.02. The highest BCUT2D eigenvalue weighted by atomic mass is 16.4. The van der Waals surface area contributed by atoms with Crippen molar-refractivity contribution in [2.45, 2.75) is 63.2 Å². The van der Waals surface area contributed by atoms with Gasteiger partial charge in [-0.3, -0.25) is 28.8 Å². The summed E-state index contributed by atoms with van der Waals surface area (Å²) < 4.78 is 0. The van der Waals surface area contributed by atoms with Crippen molar-refractivity contribution in [1.82, 2.24) is 16.0 Å². The smallest absolute Gasteiger partial charge is 0.325 e. The third-order valence-electron chi connectivity index (χ3n) is 5.02. The topological polar surface area (TPSA) is 245 Å². The molecule has 0 radical (unpaired) electrons. The van der Waals surface area contributed by atoms with E-state index in [1.54, 1.807) is 0 Å². The van der Waals surface area contributed by atoms with Crippen LogP contribution in [0.4, 0.5) is 0 Å². The maximum atomic E-state index is 13.0. The SMILES string of the molecule is CC(NC(=O)C(Cc1ccc(O)cc1)NC(=O)C(CCC(=O)O)NC(=O)C(N)CCC(=O)O)C(=O)O. The molecule has 0 saturated carbocycles. The molecule has 4 unspecified atom stereocenters. The predicted octanol–water partition coefficient (Wildman–Crippen LogP) is -1.45. The van der Waals surface area contributed by atoms with E-state index in [0.29, 0.717) is 5.56 Å². The molecule has 0 aliphatic rings. The van der Waals surface area contributed by atoms with E-state index in [9.17, 15) is 33.9 Å². The van der Waals surface area contributed by atoms with Crippen LogP contribution in [0.25, 0.3) is 0 Å². The van der Waals surface area contributed by atoms with Crippen LogP contribution in [-0.4, -0.2) is 80.2 Å². The first-order valence-corrected chi connectivity index (χ1v) is 10.9. The van der Waals surface area contributed by atoms with Crippen LogP contribution in [0.1, 0.15) is 38.2 Å². The number of aliphatic carboxylic acids is 3. The Morgan fingerprint density at radius 1 is 0.778 bits per heavy atom. The number of hydrogen-bond acceptors (Lipinski definition) is 8. The van der Waals surface area contributed by atoms with Gasteiger partial charge >= 0.3 is 17.9 Å². The molecular weight excluding hydrogens is 480 g/mol. The zero-order chi connectivity index (χ0) is 27.4. The van der Waals surface area contributed by atoms with Crippen LogP contribution in [0.2, 0.25) is 0 Å². The molecule has 0 aliphatic carbocycles. The van der Waals surface area contributed by atoms with Gasteiger partial charge in [0.25, 0.3) is 0 Å². The number of carbonyl (C=O) groups is 6. The van der Waals surface area contributed by atoms with E-state index in [2.05, 4.69) is 16.0 Å². The second kappa shape index (κ2) is 14.3. The summed E-state index contributed by atoms with van der Waals surface area (Å²) in [5.74, 6) is -6.48. The molecule has 0 fully saturated rings. The molecule has 36 heavy (non-hydrogen) atoms. The van der Waals surface area contributed by atoms with Crippen LogP contribution < -0.4 is 21.7 Å². The summed E-state index contributed by atoms with van der Waals surface area (Å²) in [6, 6.07) is 0.326. The molecule has 9 N–H and O–H groups in total. The number of nitrogens with one attached hydrogen (secondary N) is 3. The van der Waals surface area contributed by atoms with Crippen molar-refractivity contribution in [1.29, 1.82) is 0 Å². The molecule has 1 aromatic carbocycles. The molecule has 0 bridgehead atoms. The van der Waals surface area contributed by atoms with Crippen LogP contribution >= 0.6 is 0 Å². The summed E-state index contributed by atoms with van der Waals surface area (Å²) in [6.45, 7) is 1.22. The number of rotatable bonds is 15. The van der Waals surface area contributed by atoms with Crippen LogP contribution in [0.3, 0.4) is 0 Å². The molecule has 14 heteroatoms. The van der Waals surface area contributed by atoms with Gasteiger partial charge in [0.1, 0.15) is 23.9 Å². The third kappa shape index (κ3) is 10.8. The van der Waals surface area contributed by atoms with Gasteiger partial charge in [0, 0.05) is 19.3 Å². The Kier molecular flexibility index (Phi) is 11.8. The second-order valence-corrected chi connectivity index (χ2v) is 8.03. The summed E-state index contributed by atoms with van der Waals surface area (Å²) in [7, 11) is 0. The number of phenolic OH excluding ortho intramolecular Hbond substituents is 1. The zero-order valence-electron chi connectivity index (χ0n) is 19.5. The van der Waals surface area contributed by atoms with E-state index in [-0.39, 0.29) is 25.0 Å². The average Bonchev–Trinajstić information content (AvgIpc) is 2.80. The second-order valence-electron chi connectivity index (χ2n) is 8.03. The summed E-state index contributed by atoms with van der Waals surface area (Å²) in [5.41, 5.74) is 6.15. The molecule has 0 aromatic heterocycles. The first-order chi connectivity index (χ1) is 16.8. The maximum Gasteiger partial charge on any atom is 0.325 e. The number of aromatic hydroxyl groups is 1. The molecule has 198 valence electrons. The summed E-state index contributed by atoms with van der Waals surface area (Å²) in [4.78, 5) is 70.9. The Labute approximate surface area is 205 Å². The van der Waals surface area contributed by atoms with E-state index in [4.69, 9.17) is 21.1 Å². The van der Waals surface area contributed by atoms with Crippen LogP contribution in [0, 0.1) is 0 Å². The van der Waals surface area contributed by atoms with E-state index in [0.717, 1.165) is 0 Å². The number of carbonyl (C=O) groups excluding carboxylic acids is 3. The van der Waals surface area contributed by atoms with E-state index >= 15 is 0 Å². The number of hydrogen-bond donors (Lipinski definition) is 8. The minimum absolute atomic E-state index is 0.0426. The van der Waals surface area contributed by atoms with Crippen LogP contribution in [-0.2, 0) is 35.2 Å². The number of benzene rings is 1. The van der Waals surface area contributed by atoms with Gasteiger partial charge in [0.2, 0.25) is 17.7 Å². The minimum Gasteiger partial charge on any atom is -0.508 e.